The second kappa shape index (κ2) is 14.6. The first kappa shape index (κ1) is 37.9. The zero-order valence-corrected chi connectivity index (χ0v) is 31.3. The van der Waals surface area contributed by atoms with Crippen molar-refractivity contribution in [1.82, 2.24) is 0 Å². The lowest BCUT2D eigenvalue weighted by Gasteiger charge is -2.13. The zero-order chi connectivity index (χ0) is 41.8. The molecule has 0 unspecified atom stereocenters. The Balaban J connectivity index is 0.000000154. The fourth-order valence-electron chi connectivity index (χ4n) is 8.12. The molecule has 0 atom stereocenters. The molecule has 288 valence electrons. The minimum absolute atomic E-state index is 0.318. The molecule has 0 fully saturated rings. The first-order valence-electron chi connectivity index (χ1n) is 18.8. The van der Waals surface area contributed by atoms with Gasteiger partial charge in [-0.3, -0.25) is 0 Å². The summed E-state index contributed by atoms with van der Waals surface area (Å²) in [6.07, 6.45) is -5.31. The van der Waals surface area contributed by atoms with E-state index in [9.17, 15) is 36.9 Å². The molecular formula is C52H28F6N2. The maximum atomic E-state index is 12.8. The van der Waals surface area contributed by atoms with Gasteiger partial charge in [-0.2, -0.15) is 36.9 Å². The molecule has 8 heteroatoms. The molecule has 60 heavy (non-hydrogen) atoms. The van der Waals surface area contributed by atoms with Gasteiger partial charge in [-0.25, -0.2) is 0 Å². The van der Waals surface area contributed by atoms with Crippen LogP contribution in [0.4, 0.5) is 26.3 Å². The van der Waals surface area contributed by atoms with E-state index >= 15 is 0 Å². The van der Waals surface area contributed by atoms with Crippen LogP contribution in [0.2, 0.25) is 0 Å². The number of hydrogen-bond acceptors (Lipinski definition) is 2. The van der Waals surface area contributed by atoms with E-state index in [0.717, 1.165) is 89.3 Å². The summed E-state index contributed by atoms with van der Waals surface area (Å²) >= 11 is 0. The van der Waals surface area contributed by atoms with Gasteiger partial charge < -0.3 is 0 Å². The molecule has 10 aromatic carbocycles. The van der Waals surface area contributed by atoms with E-state index in [2.05, 4.69) is 72.8 Å². The highest BCUT2D eigenvalue weighted by Gasteiger charge is 2.31. The average Bonchev–Trinajstić information content (AvgIpc) is 3.26. The first-order chi connectivity index (χ1) is 28.9. The Labute approximate surface area is 339 Å². The number of allylic oxidation sites excluding steroid dienone is 2. The predicted molar refractivity (Wildman–Crippen MR) is 230 cm³/mol. The summed E-state index contributed by atoms with van der Waals surface area (Å²) in [4.78, 5) is 0. The lowest BCUT2D eigenvalue weighted by atomic mass is 9.91. The normalized spacial score (nSPS) is 12.7. The number of nitriles is 2. The number of benzene rings is 10. The van der Waals surface area contributed by atoms with E-state index in [1.54, 1.807) is 12.2 Å². The van der Waals surface area contributed by atoms with Crippen molar-refractivity contribution in [3.8, 4) is 12.1 Å². The van der Waals surface area contributed by atoms with E-state index in [0.29, 0.717) is 22.3 Å². The van der Waals surface area contributed by atoms with Crippen LogP contribution in [0.3, 0.4) is 0 Å². The van der Waals surface area contributed by atoms with Crippen molar-refractivity contribution in [3.05, 3.63) is 191 Å². The van der Waals surface area contributed by atoms with Gasteiger partial charge in [0.15, 0.2) is 0 Å². The van der Waals surface area contributed by atoms with Gasteiger partial charge in [0.1, 0.15) is 0 Å². The number of alkyl halides is 6. The second-order valence-electron chi connectivity index (χ2n) is 14.5. The predicted octanol–water partition coefficient (Wildman–Crippen LogP) is 15.3. The fourth-order valence-corrected chi connectivity index (χ4v) is 8.12. The van der Waals surface area contributed by atoms with Crippen LogP contribution in [0.5, 0.6) is 0 Å². The van der Waals surface area contributed by atoms with Crippen LogP contribution in [-0.4, -0.2) is 0 Å². The van der Waals surface area contributed by atoms with Crippen molar-refractivity contribution in [2.75, 3.05) is 0 Å². The van der Waals surface area contributed by atoms with E-state index < -0.39 is 23.5 Å². The van der Waals surface area contributed by atoms with E-state index in [4.69, 9.17) is 0 Å². The van der Waals surface area contributed by atoms with Gasteiger partial charge in [0.25, 0.3) is 0 Å². The van der Waals surface area contributed by atoms with Gasteiger partial charge in [0, 0.05) is 0 Å². The highest BCUT2D eigenvalue weighted by molar-refractivity contribution is 6.25. The Hall–Kier alpha value is -7.68. The van der Waals surface area contributed by atoms with Crippen molar-refractivity contribution in [3.63, 3.8) is 0 Å². The van der Waals surface area contributed by atoms with Crippen LogP contribution < -0.4 is 0 Å². The number of nitrogens with zero attached hydrogens (tertiary/aromatic N) is 2. The van der Waals surface area contributed by atoms with Crippen molar-refractivity contribution < 1.29 is 26.3 Å². The Morgan fingerprint density at radius 2 is 0.667 bits per heavy atom. The molecule has 0 saturated carbocycles. The minimum atomic E-state index is -4.40. The molecule has 2 nitrogen and oxygen atoms in total. The standard InChI is InChI=1S/2C26H14F3N/c2*27-26(28,29)22-11-8-16(9-12-22)21(15-30)14-20-7-6-19-5-4-17-2-1-3-18-10-13-23(20)25(19)24(17)18/h2*1-14H/b2*21-14+. The molecule has 0 radical (unpaired) electrons. The molecule has 10 aromatic rings. The highest BCUT2D eigenvalue weighted by atomic mass is 19.4. The molecule has 0 aliphatic carbocycles. The van der Waals surface area contributed by atoms with Crippen LogP contribution in [0.25, 0.3) is 87.9 Å². The Morgan fingerprint density at radius 3 is 0.983 bits per heavy atom. The minimum Gasteiger partial charge on any atom is -0.192 e. The quantitative estimate of drug-likeness (QED) is 0.0771. The summed E-state index contributed by atoms with van der Waals surface area (Å²) in [7, 11) is 0. The molecule has 0 heterocycles. The summed E-state index contributed by atoms with van der Waals surface area (Å²) in [5.74, 6) is 0. The first-order valence-corrected chi connectivity index (χ1v) is 18.8. The average molecular weight is 795 g/mol. The Kier molecular flexibility index (Phi) is 9.22. The van der Waals surface area contributed by atoms with Crippen LogP contribution >= 0.6 is 0 Å². The molecule has 0 bridgehead atoms. The molecule has 0 aliphatic rings. The lowest BCUT2D eigenvalue weighted by Crippen LogP contribution is -2.04. The number of rotatable bonds is 4. The van der Waals surface area contributed by atoms with Gasteiger partial charge in [-0.1, -0.05) is 133 Å². The topological polar surface area (TPSA) is 47.6 Å². The smallest absolute Gasteiger partial charge is 0.192 e. The lowest BCUT2D eigenvalue weighted by molar-refractivity contribution is -0.138. The number of halogens is 6. The maximum Gasteiger partial charge on any atom is 0.416 e. The summed E-state index contributed by atoms with van der Waals surface area (Å²) < 4.78 is 77.1. The second-order valence-corrected chi connectivity index (χ2v) is 14.5. The summed E-state index contributed by atoms with van der Waals surface area (Å²) in [5.41, 5.74) is 1.80. The monoisotopic (exact) mass is 794 g/mol. The molecule has 0 N–H and O–H groups in total. The van der Waals surface area contributed by atoms with Crippen LogP contribution in [-0.2, 0) is 12.4 Å². The van der Waals surface area contributed by atoms with Gasteiger partial charge in [0.05, 0.1) is 34.4 Å². The largest absolute Gasteiger partial charge is 0.416 e. The molecule has 0 aromatic heterocycles. The van der Waals surface area contributed by atoms with Gasteiger partial charge in [-0.15, -0.1) is 0 Å². The van der Waals surface area contributed by atoms with Gasteiger partial charge >= 0.3 is 12.4 Å². The highest BCUT2D eigenvalue weighted by Crippen LogP contribution is 2.39. The van der Waals surface area contributed by atoms with E-state index in [1.165, 1.54) is 35.0 Å². The molecule has 10 rings (SSSR count). The third-order valence-electron chi connectivity index (χ3n) is 11.0. The molecule has 0 spiro atoms. The third kappa shape index (κ3) is 6.78. The molecular weight excluding hydrogens is 767 g/mol. The third-order valence-corrected chi connectivity index (χ3v) is 11.0. The number of hydrogen-bond donors (Lipinski definition) is 0. The van der Waals surface area contributed by atoms with Crippen LogP contribution in [0.15, 0.2) is 158 Å². The summed E-state index contributed by atoms with van der Waals surface area (Å²) in [5, 5.41) is 32.8. The van der Waals surface area contributed by atoms with Crippen molar-refractivity contribution in [2.45, 2.75) is 12.4 Å². The zero-order valence-electron chi connectivity index (χ0n) is 31.3. The van der Waals surface area contributed by atoms with E-state index in [-0.39, 0.29) is 0 Å². The van der Waals surface area contributed by atoms with Crippen molar-refractivity contribution >= 4 is 87.9 Å². The molecule has 0 aliphatic heterocycles. The molecule has 0 saturated heterocycles. The van der Waals surface area contributed by atoms with Crippen molar-refractivity contribution in [1.29, 1.82) is 10.5 Å². The fraction of sp³-hybridized carbons (Fsp3) is 0.0385. The van der Waals surface area contributed by atoms with Crippen LogP contribution in [0.1, 0.15) is 33.4 Å². The Morgan fingerprint density at radius 1 is 0.367 bits per heavy atom. The van der Waals surface area contributed by atoms with Crippen molar-refractivity contribution in [2.24, 2.45) is 0 Å². The van der Waals surface area contributed by atoms with Gasteiger partial charge in [0.2, 0.25) is 0 Å². The van der Waals surface area contributed by atoms with E-state index in [1.807, 2.05) is 48.5 Å². The molecule has 0 amide bonds. The SMILES string of the molecule is N#C/C(=C\c1ccc2ccc3cccc4ccc1c2c34)c1ccc(C(F)(F)F)cc1.N#C/C(=C\c1ccc2ccc3cccc4ccc1c2c34)c1ccc(C(F)(F)F)cc1. The summed E-state index contributed by atoms with van der Waals surface area (Å²) in [6, 6.07) is 50.5. The maximum absolute atomic E-state index is 12.8. The Bertz CT molecular complexity index is 3140. The van der Waals surface area contributed by atoms with Gasteiger partial charge in [-0.05, 0) is 123 Å². The van der Waals surface area contributed by atoms with Crippen LogP contribution in [0, 0.1) is 22.7 Å². The summed E-state index contributed by atoms with van der Waals surface area (Å²) in [6.45, 7) is 0.